The standard InChI is InChI=1S/C20H19N7O5/c1-11-17(19(28)22-15-10-14(31-2)7-8-16(15)32-3)18(26-20(21-11)23-24-25-26)12-5-4-6-13(9-12)27(29)30/h4-10,18H,1-3H3,(H,22,28)(H,21,23,25). The van der Waals surface area contributed by atoms with Gasteiger partial charge in [0.15, 0.2) is 0 Å². The zero-order chi connectivity index (χ0) is 22.8. The highest BCUT2D eigenvalue weighted by Crippen LogP contribution is 2.37. The Kier molecular flexibility index (Phi) is 5.41. The van der Waals surface area contributed by atoms with E-state index in [1.165, 1.54) is 31.0 Å². The number of ether oxygens (including phenoxy) is 2. The fourth-order valence-electron chi connectivity index (χ4n) is 3.52. The van der Waals surface area contributed by atoms with Crippen molar-refractivity contribution >= 4 is 23.2 Å². The second-order valence-electron chi connectivity index (χ2n) is 6.89. The zero-order valence-corrected chi connectivity index (χ0v) is 17.4. The van der Waals surface area contributed by atoms with Crippen LogP contribution in [0.15, 0.2) is 53.7 Å². The molecule has 2 aromatic carbocycles. The second kappa shape index (κ2) is 8.34. The van der Waals surface area contributed by atoms with Crippen molar-refractivity contribution in [3.63, 3.8) is 0 Å². The minimum atomic E-state index is -0.794. The van der Waals surface area contributed by atoms with Crippen molar-refractivity contribution < 1.29 is 19.2 Å². The average Bonchev–Trinajstić information content (AvgIpc) is 3.25. The first-order valence-electron chi connectivity index (χ1n) is 9.46. The monoisotopic (exact) mass is 437 g/mol. The Hall–Kier alpha value is -4.48. The van der Waals surface area contributed by atoms with Gasteiger partial charge in [0.25, 0.3) is 11.6 Å². The second-order valence-corrected chi connectivity index (χ2v) is 6.89. The number of carbonyl (C=O) groups is 1. The Bertz CT molecular complexity index is 1240. The van der Waals surface area contributed by atoms with Gasteiger partial charge in [0.05, 0.1) is 30.4 Å². The summed E-state index contributed by atoms with van der Waals surface area (Å²) in [7, 11) is 3.01. The lowest BCUT2D eigenvalue weighted by molar-refractivity contribution is -0.384. The fraction of sp³-hybridized carbons (Fsp3) is 0.200. The molecule has 0 fully saturated rings. The summed E-state index contributed by atoms with van der Waals surface area (Å²) in [5.41, 5.74) is 1.56. The Balaban J connectivity index is 1.78. The topological polar surface area (TPSA) is 146 Å². The third kappa shape index (κ3) is 3.69. The van der Waals surface area contributed by atoms with E-state index >= 15 is 0 Å². The quantitative estimate of drug-likeness (QED) is 0.438. The first kappa shape index (κ1) is 20.8. The van der Waals surface area contributed by atoms with E-state index in [4.69, 9.17) is 9.47 Å². The van der Waals surface area contributed by atoms with Crippen molar-refractivity contribution in [2.24, 2.45) is 0 Å². The number of nitrogens with zero attached hydrogens (tertiary/aromatic N) is 5. The summed E-state index contributed by atoms with van der Waals surface area (Å²) in [4.78, 5) is 24.3. The van der Waals surface area contributed by atoms with Crippen molar-refractivity contribution in [1.82, 2.24) is 20.2 Å². The maximum Gasteiger partial charge on any atom is 0.269 e. The predicted molar refractivity (Wildman–Crippen MR) is 114 cm³/mol. The molecule has 1 aliphatic rings. The molecule has 2 N–H and O–H groups in total. The van der Waals surface area contributed by atoms with Gasteiger partial charge in [-0.1, -0.05) is 17.2 Å². The van der Waals surface area contributed by atoms with E-state index in [-0.39, 0.29) is 11.3 Å². The first-order valence-corrected chi connectivity index (χ1v) is 9.46. The van der Waals surface area contributed by atoms with E-state index in [1.54, 1.807) is 37.3 Å². The molecule has 2 heterocycles. The number of carbonyl (C=O) groups excluding carboxylic acids is 1. The van der Waals surface area contributed by atoms with Gasteiger partial charge in [-0.2, -0.15) is 4.68 Å². The van der Waals surface area contributed by atoms with Crippen LogP contribution < -0.4 is 20.1 Å². The van der Waals surface area contributed by atoms with E-state index in [2.05, 4.69) is 26.2 Å². The Morgan fingerprint density at radius 1 is 1.22 bits per heavy atom. The molecule has 1 amide bonds. The number of benzene rings is 2. The average molecular weight is 437 g/mol. The molecular weight excluding hydrogens is 418 g/mol. The third-order valence-electron chi connectivity index (χ3n) is 5.01. The molecule has 0 saturated carbocycles. The highest BCUT2D eigenvalue weighted by atomic mass is 16.6. The van der Waals surface area contributed by atoms with Gasteiger partial charge in [-0.05, 0) is 35.0 Å². The van der Waals surface area contributed by atoms with Gasteiger partial charge in [0, 0.05) is 23.9 Å². The molecular formula is C20H19N7O5. The number of anilines is 2. The summed E-state index contributed by atoms with van der Waals surface area (Å²) in [6.45, 7) is 1.71. The lowest BCUT2D eigenvalue weighted by Crippen LogP contribution is -2.31. The van der Waals surface area contributed by atoms with Crippen LogP contribution in [0.3, 0.4) is 0 Å². The van der Waals surface area contributed by atoms with Crippen LogP contribution in [-0.4, -0.2) is 45.3 Å². The molecule has 3 aromatic rings. The van der Waals surface area contributed by atoms with E-state index in [0.717, 1.165) is 0 Å². The van der Waals surface area contributed by atoms with Crippen molar-refractivity contribution in [2.45, 2.75) is 13.0 Å². The van der Waals surface area contributed by atoms with Crippen molar-refractivity contribution in [3.05, 3.63) is 69.4 Å². The molecule has 12 nitrogen and oxygen atoms in total. The molecule has 1 unspecified atom stereocenters. The number of allylic oxidation sites excluding steroid dienone is 1. The zero-order valence-electron chi connectivity index (χ0n) is 17.4. The van der Waals surface area contributed by atoms with Gasteiger partial charge in [0.1, 0.15) is 17.5 Å². The van der Waals surface area contributed by atoms with Crippen molar-refractivity contribution in [1.29, 1.82) is 0 Å². The molecule has 164 valence electrons. The van der Waals surface area contributed by atoms with Gasteiger partial charge in [-0.15, -0.1) is 0 Å². The van der Waals surface area contributed by atoms with E-state index in [0.29, 0.717) is 34.4 Å². The Morgan fingerprint density at radius 3 is 2.75 bits per heavy atom. The highest BCUT2D eigenvalue weighted by Gasteiger charge is 2.35. The smallest absolute Gasteiger partial charge is 0.269 e. The first-order chi connectivity index (χ1) is 15.4. The fourth-order valence-corrected chi connectivity index (χ4v) is 3.52. The number of fused-ring (bicyclic) bond motifs is 1. The Labute approximate surface area is 182 Å². The van der Waals surface area contributed by atoms with E-state index < -0.39 is 16.9 Å². The minimum absolute atomic E-state index is 0.109. The van der Waals surface area contributed by atoms with Crippen molar-refractivity contribution in [3.8, 4) is 11.5 Å². The van der Waals surface area contributed by atoms with Crippen LogP contribution in [0, 0.1) is 10.1 Å². The minimum Gasteiger partial charge on any atom is -0.497 e. The van der Waals surface area contributed by atoms with E-state index in [9.17, 15) is 14.9 Å². The maximum atomic E-state index is 13.5. The van der Waals surface area contributed by atoms with Gasteiger partial charge >= 0.3 is 0 Å². The number of hydrogen-bond acceptors (Lipinski definition) is 9. The summed E-state index contributed by atoms with van der Waals surface area (Å²) in [6, 6.07) is 10.2. The number of aromatic nitrogens is 4. The molecule has 0 radical (unpaired) electrons. The third-order valence-corrected chi connectivity index (χ3v) is 5.01. The summed E-state index contributed by atoms with van der Waals surface area (Å²) < 4.78 is 12.0. The summed E-state index contributed by atoms with van der Waals surface area (Å²) in [6.07, 6.45) is 0. The van der Waals surface area contributed by atoms with E-state index in [1.807, 2.05) is 0 Å². The molecule has 0 aliphatic carbocycles. The van der Waals surface area contributed by atoms with Crippen LogP contribution in [0.25, 0.3) is 0 Å². The largest absolute Gasteiger partial charge is 0.497 e. The molecule has 4 rings (SSSR count). The maximum absolute atomic E-state index is 13.5. The predicted octanol–water partition coefficient (Wildman–Crippen LogP) is 2.53. The molecule has 1 aromatic heterocycles. The number of non-ortho nitro benzene ring substituents is 1. The Morgan fingerprint density at radius 2 is 2.03 bits per heavy atom. The van der Waals surface area contributed by atoms with Crippen LogP contribution in [-0.2, 0) is 4.79 Å². The van der Waals surface area contributed by atoms with Crippen LogP contribution in [0.5, 0.6) is 11.5 Å². The number of nitrogens with one attached hydrogen (secondary N) is 2. The summed E-state index contributed by atoms with van der Waals surface area (Å²) in [5.74, 6) is 0.830. The number of nitro benzene ring substituents is 1. The van der Waals surface area contributed by atoms with Crippen LogP contribution in [0.1, 0.15) is 18.5 Å². The normalized spacial score (nSPS) is 14.9. The number of hydrogen-bond donors (Lipinski definition) is 2. The number of amides is 1. The van der Waals surface area contributed by atoms with Crippen LogP contribution in [0.4, 0.5) is 17.3 Å². The molecule has 1 atom stereocenters. The van der Waals surface area contributed by atoms with Crippen molar-refractivity contribution in [2.75, 3.05) is 24.9 Å². The van der Waals surface area contributed by atoms with Gasteiger partial charge < -0.3 is 20.1 Å². The van der Waals surface area contributed by atoms with Crippen LogP contribution >= 0.6 is 0 Å². The molecule has 0 bridgehead atoms. The molecule has 12 heteroatoms. The molecule has 32 heavy (non-hydrogen) atoms. The SMILES string of the molecule is COc1ccc(OC)c(NC(=O)C2=C(C)Nc3nnnn3C2c2cccc([N+](=O)[O-])c2)c1. The number of nitro groups is 1. The summed E-state index contributed by atoms with van der Waals surface area (Å²) in [5, 5.41) is 28.7. The highest BCUT2D eigenvalue weighted by molar-refractivity contribution is 6.06. The number of tetrazole rings is 1. The summed E-state index contributed by atoms with van der Waals surface area (Å²) >= 11 is 0. The lowest BCUT2D eigenvalue weighted by atomic mass is 9.94. The van der Waals surface area contributed by atoms with Crippen LogP contribution in [0.2, 0.25) is 0 Å². The van der Waals surface area contributed by atoms with Gasteiger partial charge in [-0.25, -0.2) is 0 Å². The molecule has 1 aliphatic heterocycles. The molecule has 0 spiro atoms. The number of rotatable bonds is 6. The lowest BCUT2D eigenvalue weighted by Gasteiger charge is -2.28. The number of methoxy groups -OCH3 is 2. The van der Waals surface area contributed by atoms with Gasteiger partial charge in [-0.3, -0.25) is 14.9 Å². The molecule has 0 saturated heterocycles. The van der Waals surface area contributed by atoms with Gasteiger partial charge in [0.2, 0.25) is 5.95 Å².